The van der Waals surface area contributed by atoms with Crippen molar-refractivity contribution in [3.63, 3.8) is 0 Å². The van der Waals surface area contributed by atoms with Crippen LogP contribution >= 0.6 is 30.1 Å². The minimum absolute atomic E-state index is 0.132. The molecule has 259 valence electrons. The average Bonchev–Trinajstić information content (AvgIpc) is 3.08. The topological polar surface area (TPSA) is 0 Å². The number of rotatable bonds is 23. The molecular weight excluding hydrogens is 681 g/mol. The van der Waals surface area contributed by atoms with Gasteiger partial charge in [0.25, 0.3) is 0 Å². The van der Waals surface area contributed by atoms with Gasteiger partial charge in [0.2, 0.25) is 0 Å². The second kappa shape index (κ2) is 39.5. The van der Waals surface area contributed by atoms with Crippen molar-refractivity contribution in [3.8, 4) is 0 Å². The van der Waals surface area contributed by atoms with Gasteiger partial charge in [0.1, 0.15) is 0 Å². The Morgan fingerprint density at radius 2 is 0.705 bits per heavy atom. The van der Waals surface area contributed by atoms with Gasteiger partial charge in [-0.15, -0.1) is 0 Å². The first-order chi connectivity index (χ1) is 21.7. The molecule has 0 bridgehead atoms. The molecule has 2 aromatic rings. The third-order valence-corrected chi connectivity index (χ3v) is 13.2. The molecule has 0 radical (unpaired) electrons. The summed E-state index contributed by atoms with van der Waals surface area (Å²) in [6.07, 6.45) is 30.5. The summed E-state index contributed by atoms with van der Waals surface area (Å²) in [5.74, 6) is 0. The Balaban J connectivity index is 0. The summed E-state index contributed by atoms with van der Waals surface area (Å²) in [7, 11) is 0.265. The third-order valence-electron chi connectivity index (χ3n) is 7.72. The van der Waals surface area contributed by atoms with Crippen molar-refractivity contribution in [3.05, 3.63) is 67.6 Å². The second-order valence-corrected chi connectivity index (χ2v) is 16.7. The van der Waals surface area contributed by atoms with Gasteiger partial charge in [-0.25, -0.2) is 0 Å². The maximum absolute atomic E-state index is 3.84. The first-order valence-corrected chi connectivity index (χ1v) is 24.1. The monoisotopic (exact) mass is 750 g/mol. The maximum atomic E-state index is 3.84. The molecule has 2 rings (SSSR count). The van der Waals surface area contributed by atoms with Crippen LogP contribution in [0.25, 0.3) is 0 Å². The molecule has 44 heavy (non-hydrogen) atoms. The fraction of sp³-hybridized carbons (Fsp3) is 0.675. The first-order valence-electron chi connectivity index (χ1n) is 18.2. The average molecular weight is 753 g/mol. The van der Waals surface area contributed by atoms with E-state index in [0.717, 1.165) is 6.42 Å². The van der Waals surface area contributed by atoms with Crippen LogP contribution in [0.3, 0.4) is 0 Å². The summed E-state index contributed by atoms with van der Waals surface area (Å²) >= 11 is 6.25. The van der Waals surface area contributed by atoms with Crippen LogP contribution in [0.2, 0.25) is 0 Å². The fourth-order valence-corrected chi connectivity index (χ4v) is 10.4. The van der Waals surface area contributed by atoms with Crippen LogP contribution < -0.4 is 10.6 Å². The van der Waals surface area contributed by atoms with E-state index in [1.807, 2.05) is 0 Å². The normalized spacial score (nSPS) is 10.4. The first kappa shape index (κ1) is 46.4. The van der Waals surface area contributed by atoms with E-state index >= 15 is 0 Å². The molecule has 0 unspecified atom stereocenters. The molecule has 0 atom stereocenters. The summed E-state index contributed by atoms with van der Waals surface area (Å²) in [5.41, 5.74) is 0. The molecule has 0 fully saturated rings. The Morgan fingerprint density at radius 1 is 0.432 bits per heavy atom. The quantitative estimate of drug-likeness (QED) is 0.0459. The van der Waals surface area contributed by atoms with Crippen molar-refractivity contribution in [2.45, 2.75) is 150 Å². The summed E-state index contributed by atoms with van der Waals surface area (Å²) < 4.78 is 0. The van der Waals surface area contributed by atoms with Crippen LogP contribution in [-0.2, 0) is 13.7 Å². The van der Waals surface area contributed by atoms with Crippen molar-refractivity contribution in [1.29, 1.82) is 0 Å². The van der Waals surface area contributed by atoms with Gasteiger partial charge in [0, 0.05) is 0 Å². The zero-order valence-electron chi connectivity index (χ0n) is 29.6. The molecule has 0 amide bonds. The molecule has 0 saturated carbocycles. The summed E-state index contributed by atoms with van der Waals surface area (Å²) in [4.78, 5) is 0. The molecule has 4 heteroatoms. The van der Waals surface area contributed by atoms with Gasteiger partial charge in [-0.2, -0.15) is 6.42 Å². The van der Waals surface area contributed by atoms with Gasteiger partial charge >= 0.3 is 27.9 Å². The van der Waals surface area contributed by atoms with Crippen molar-refractivity contribution < 1.29 is 13.7 Å². The van der Waals surface area contributed by atoms with E-state index in [1.165, 1.54) is 134 Å². The molecule has 0 aliphatic carbocycles. The molecular formula is C40H71BrNiP2-. The Hall–Kier alpha value is 0.274. The van der Waals surface area contributed by atoms with Crippen molar-refractivity contribution in [2.75, 3.05) is 24.6 Å². The third kappa shape index (κ3) is 29.7. The van der Waals surface area contributed by atoms with Crippen LogP contribution in [0.15, 0.2) is 60.7 Å². The van der Waals surface area contributed by atoms with Gasteiger partial charge in [0.05, 0.1) is 0 Å². The van der Waals surface area contributed by atoms with E-state index in [0.29, 0.717) is 0 Å². The number of unbranched alkanes of at least 4 members (excludes halogenated alkanes) is 13. The standard InChI is InChI=1S/2C14H23P.C12H25.BrH.Ni/c2*1-3-5-12-15(13-6-4-2)14-10-8-7-9-11-14;1-3-5-7-9-11-12-10-8-6-4-2;;/h2*7-11H,3-6,12-13H2,1-2H3;1,3-12H2,2H3;1H;/q;;-1;;+1/p-1. The number of hydrogen-bond donors (Lipinski definition) is 0. The van der Waals surface area contributed by atoms with E-state index in [-0.39, 0.29) is 15.8 Å². The molecule has 0 heterocycles. The number of halogens is 1. The van der Waals surface area contributed by atoms with E-state index in [2.05, 4.69) is 130 Å². The van der Waals surface area contributed by atoms with Crippen molar-refractivity contribution in [1.82, 2.24) is 0 Å². The van der Waals surface area contributed by atoms with Crippen molar-refractivity contribution >= 4 is 40.7 Å². The van der Waals surface area contributed by atoms with Crippen LogP contribution in [0.1, 0.15) is 150 Å². The second-order valence-electron chi connectivity index (χ2n) is 11.7. The zero-order chi connectivity index (χ0) is 32.9. The fourth-order valence-electron chi connectivity index (χ4n) is 4.90. The SMILES string of the molecule is CCCCP(CCCC)c1ccccc1.CCCCP(CCCC)c1ccccc1.[CH2-]CCCCCCCCCCC.[Ni][Br]. The molecule has 2 aromatic carbocycles. The molecule has 0 N–H and O–H groups in total. The molecule has 0 saturated heterocycles. The number of benzene rings is 2. The van der Waals surface area contributed by atoms with Gasteiger partial charge < -0.3 is 6.92 Å². The van der Waals surface area contributed by atoms with E-state index in [4.69, 9.17) is 0 Å². The van der Waals surface area contributed by atoms with Crippen LogP contribution in [-0.4, -0.2) is 24.6 Å². The van der Waals surface area contributed by atoms with Gasteiger partial charge in [-0.1, -0.05) is 195 Å². The van der Waals surface area contributed by atoms with Crippen LogP contribution in [0.4, 0.5) is 0 Å². The van der Waals surface area contributed by atoms with E-state index in [1.54, 1.807) is 10.6 Å². The number of hydrogen-bond acceptors (Lipinski definition) is 0. The molecule has 0 spiro atoms. The molecule has 0 aliphatic rings. The Labute approximate surface area is 295 Å². The Bertz CT molecular complexity index is 677. The summed E-state index contributed by atoms with van der Waals surface area (Å²) in [6.45, 7) is 15.3. The Kier molecular flexibility index (Phi) is 41.6. The minimum atomic E-state index is 0.132. The van der Waals surface area contributed by atoms with Gasteiger partial charge in [-0.3, -0.25) is 0 Å². The van der Waals surface area contributed by atoms with Crippen LogP contribution in [0, 0.1) is 6.92 Å². The predicted octanol–water partition coefficient (Wildman–Crippen LogP) is 14.4. The zero-order valence-corrected chi connectivity index (χ0v) is 34.0. The summed E-state index contributed by atoms with van der Waals surface area (Å²) in [5, 5.41) is 3.21. The Morgan fingerprint density at radius 3 is 0.977 bits per heavy atom. The summed E-state index contributed by atoms with van der Waals surface area (Å²) in [6, 6.07) is 22.2. The van der Waals surface area contributed by atoms with Crippen LogP contribution in [0.5, 0.6) is 0 Å². The van der Waals surface area contributed by atoms with Crippen molar-refractivity contribution in [2.24, 2.45) is 0 Å². The molecule has 0 aliphatic heterocycles. The molecule has 0 aromatic heterocycles. The van der Waals surface area contributed by atoms with E-state index < -0.39 is 0 Å². The van der Waals surface area contributed by atoms with Gasteiger partial charge in [0.15, 0.2) is 0 Å². The predicted molar refractivity (Wildman–Crippen MR) is 211 cm³/mol. The van der Waals surface area contributed by atoms with E-state index in [9.17, 15) is 0 Å². The molecule has 0 nitrogen and oxygen atoms in total. The van der Waals surface area contributed by atoms with Gasteiger partial charge in [-0.05, 0) is 60.9 Å².